The molecule has 0 radical (unpaired) electrons. The number of halogens is 3. The standard InChI is InChI=1S/C20H17F3N4O2/c1-9(2)19-17(14(23)7-16(28)29)18-15(5-10-8-24-26-20(10)25-18)27(19)11-3-4-12(21)13(22)6-11/h3-6,8-9,14H,7H2,1-2H3,(H,28,29)(H,24,25,26)/t14-/m0/s1. The number of aromatic amines is 1. The first-order chi connectivity index (χ1) is 13.8. The van der Waals surface area contributed by atoms with Crippen molar-refractivity contribution in [2.45, 2.75) is 32.4 Å². The lowest BCUT2D eigenvalue weighted by Crippen LogP contribution is -2.08. The average Bonchev–Trinajstić information content (AvgIpc) is 3.23. The van der Waals surface area contributed by atoms with Crippen molar-refractivity contribution in [2.75, 3.05) is 0 Å². The van der Waals surface area contributed by atoms with Gasteiger partial charge in [0.25, 0.3) is 0 Å². The molecular weight excluding hydrogens is 385 g/mol. The minimum atomic E-state index is -1.83. The number of benzene rings is 1. The highest BCUT2D eigenvalue weighted by Gasteiger charge is 2.29. The van der Waals surface area contributed by atoms with Gasteiger partial charge in [-0.3, -0.25) is 9.89 Å². The molecule has 0 bridgehead atoms. The number of carboxylic acids is 1. The van der Waals surface area contributed by atoms with Crippen LogP contribution < -0.4 is 0 Å². The lowest BCUT2D eigenvalue weighted by Gasteiger charge is -2.16. The molecule has 0 aliphatic heterocycles. The SMILES string of the molecule is CC(C)c1c([C@@H](F)CC(=O)O)c2nc3[nH]ncc3cc2n1-c1ccc(F)c(F)c1. The topological polar surface area (TPSA) is 83.8 Å². The summed E-state index contributed by atoms with van der Waals surface area (Å²) in [6.07, 6.45) is -1.02. The van der Waals surface area contributed by atoms with E-state index in [1.54, 1.807) is 16.8 Å². The summed E-state index contributed by atoms with van der Waals surface area (Å²) in [5.41, 5.74) is 1.99. The van der Waals surface area contributed by atoms with E-state index in [1.807, 2.05) is 13.8 Å². The Bertz CT molecular complexity index is 1250. The average molecular weight is 402 g/mol. The highest BCUT2D eigenvalue weighted by molar-refractivity contribution is 5.93. The molecular formula is C20H17F3N4O2. The molecule has 9 heteroatoms. The number of hydrogen-bond acceptors (Lipinski definition) is 3. The number of rotatable bonds is 5. The van der Waals surface area contributed by atoms with Crippen molar-refractivity contribution in [1.29, 1.82) is 0 Å². The van der Waals surface area contributed by atoms with Gasteiger partial charge in [0.15, 0.2) is 17.3 Å². The minimum Gasteiger partial charge on any atom is -0.481 e. The van der Waals surface area contributed by atoms with E-state index in [9.17, 15) is 13.6 Å². The molecule has 0 aliphatic carbocycles. The fourth-order valence-corrected chi connectivity index (χ4v) is 3.64. The summed E-state index contributed by atoms with van der Waals surface area (Å²) in [6, 6.07) is 5.12. The van der Waals surface area contributed by atoms with Crippen LogP contribution in [0, 0.1) is 11.6 Å². The molecule has 1 aromatic carbocycles. The number of nitrogens with zero attached hydrogens (tertiary/aromatic N) is 3. The van der Waals surface area contributed by atoms with Crippen molar-refractivity contribution in [3.8, 4) is 5.69 Å². The van der Waals surface area contributed by atoms with Gasteiger partial charge in [-0.25, -0.2) is 18.2 Å². The van der Waals surface area contributed by atoms with Gasteiger partial charge in [0.1, 0.15) is 6.17 Å². The van der Waals surface area contributed by atoms with Crippen LogP contribution in [0.2, 0.25) is 0 Å². The summed E-state index contributed by atoms with van der Waals surface area (Å²) in [5.74, 6) is -3.58. The van der Waals surface area contributed by atoms with Gasteiger partial charge in [-0.1, -0.05) is 13.8 Å². The maximum atomic E-state index is 15.1. The Hall–Kier alpha value is -3.36. The van der Waals surface area contributed by atoms with Crippen molar-refractivity contribution < 1.29 is 23.1 Å². The third-order valence-electron chi connectivity index (χ3n) is 4.79. The highest BCUT2D eigenvalue weighted by Crippen LogP contribution is 2.40. The number of alkyl halides is 1. The molecule has 4 rings (SSSR count). The van der Waals surface area contributed by atoms with Crippen LogP contribution in [0.1, 0.15) is 43.6 Å². The molecule has 0 spiro atoms. The van der Waals surface area contributed by atoms with E-state index in [2.05, 4.69) is 15.2 Å². The molecule has 29 heavy (non-hydrogen) atoms. The first kappa shape index (κ1) is 19.0. The Kier molecular flexibility index (Phi) is 4.52. The molecule has 150 valence electrons. The van der Waals surface area contributed by atoms with E-state index in [4.69, 9.17) is 5.11 Å². The summed E-state index contributed by atoms with van der Waals surface area (Å²) in [5, 5.41) is 16.4. The second-order valence-electron chi connectivity index (χ2n) is 7.12. The Morgan fingerprint density at radius 3 is 2.66 bits per heavy atom. The molecule has 0 unspecified atom stereocenters. The normalized spacial score (nSPS) is 12.9. The van der Waals surface area contributed by atoms with Gasteiger partial charge < -0.3 is 9.67 Å². The van der Waals surface area contributed by atoms with E-state index in [1.165, 1.54) is 6.07 Å². The van der Waals surface area contributed by atoms with Gasteiger partial charge in [0, 0.05) is 28.4 Å². The Balaban J connectivity index is 2.13. The van der Waals surface area contributed by atoms with Crippen LogP contribution in [0.25, 0.3) is 27.8 Å². The molecule has 0 aliphatic rings. The predicted molar refractivity (Wildman–Crippen MR) is 101 cm³/mol. The van der Waals surface area contributed by atoms with E-state index < -0.39 is 30.2 Å². The lowest BCUT2D eigenvalue weighted by molar-refractivity contribution is -0.138. The number of fused-ring (bicyclic) bond motifs is 2. The van der Waals surface area contributed by atoms with Crippen LogP contribution in [0.15, 0.2) is 30.5 Å². The predicted octanol–water partition coefficient (Wildman–Crippen LogP) is 4.79. The van der Waals surface area contributed by atoms with Gasteiger partial charge in [-0.15, -0.1) is 0 Å². The van der Waals surface area contributed by atoms with Crippen LogP contribution in [0.3, 0.4) is 0 Å². The van der Waals surface area contributed by atoms with Crippen molar-refractivity contribution in [2.24, 2.45) is 0 Å². The Labute approximate surface area is 163 Å². The second kappa shape index (κ2) is 6.91. The molecule has 3 aromatic heterocycles. The van der Waals surface area contributed by atoms with Crippen LogP contribution in [-0.4, -0.2) is 30.8 Å². The maximum Gasteiger partial charge on any atom is 0.306 e. The zero-order valence-electron chi connectivity index (χ0n) is 15.6. The van der Waals surface area contributed by atoms with Crippen LogP contribution in [-0.2, 0) is 4.79 Å². The number of carboxylic acid groups (broad SMARTS) is 1. The molecule has 0 saturated carbocycles. The summed E-state index contributed by atoms with van der Waals surface area (Å²) in [4.78, 5) is 15.6. The third kappa shape index (κ3) is 3.12. The van der Waals surface area contributed by atoms with E-state index in [-0.39, 0.29) is 22.7 Å². The number of pyridine rings is 1. The zero-order valence-corrected chi connectivity index (χ0v) is 15.6. The van der Waals surface area contributed by atoms with E-state index >= 15 is 4.39 Å². The van der Waals surface area contributed by atoms with Crippen molar-refractivity contribution in [3.63, 3.8) is 0 Å². The lowest BCUT2D eigenvalue weighted by atomic mass is 9.99. The summed E-state index contributed by atoms with van der Waals surface area (Å²) >= 11 is 0. The third-order valence-corrected chi connectivity index (χ3v) is 4.79. The molecule has 4 aromatic rings. The number of carbonyl (C=O) groups is 1. The van der Waals surface area contributed by atoms with Crippen molar-refractivity contribution in [1.82, 2.24) is 19.7 Å². The number of aliphatic carboxylic acids is 1. The highest BCUT2D eigenvalue weighted by atomic mass is 19.2. The molecule has 0 fully saturated rings. The van der Waals surface area contributed by atoms with Gasteiger partial charge in [0.05, 0.1) is 23.7 Å². The molecule has 3 heterocycles. The smallest absolute Gasteiger partial charge is 0.306 e. The van der Waals surface area contributed by atoms with Crippen LogP contribution in [0.5, 0.6) is 0 Å². The largest absolute Gasteiger partial charge is 0.481 e. The van der Waals surface area contributed by atoms with Gasteiger partial charge in [-0.2, -0.15) is 5.10 Å². The number of nitrogens with one attached hydrogen (secondary N) is 1. The second-order valence-corrected chi connectivity index (χ2v) is 7.12. The monoisotopic (exact) mass is 402 g/mol. The zero-order chi connectivity index (χ0) is 20.9. The summed E-state index contributed by atoms with van der Waals surface area (Å²) in [6.45, 7) is 3.63. The first-order valence-electron chi connectivity index (χ1n) is 8.97. The van der Waals surface area contributed by atoms with E-state index in [0.717, 1.165) is 12.1 Å². The molecule has 0 amide bonds. The fourth-order valence-electron chi connectivity index (χ4n) is 3.64. The Morgan fingerprint density at radius 1 is 1.24 bits per heavy atom. The quantitative estimate of drug-likeness (QED) is 0.503. The fraction of sp³-hybridized carbons (Fsp3) is 0.250. The van der Waals surface area contributed by atoms with Crippen molar-refractivity contribution in [3.05, 3.63) is 53.4 Å². The minimum absolute atomic E-state index is 0.124. The van der Waals surface area contributed by atoms with Gasteiger partial charge in [-0.05, 0) is 24.1 Å². The molecule has 2 N–H and O–H groups in total. The van der Waals surface area contributed by atoms with E-state index in [0.29, 0.717) is 22.2 Å². The molecule has 6 nitrogen and oxygen atoms in total. The summed E-state index contributed by atoms with van der Waals surface area (Å²) < 4.78 is 44.2. The summed E-state index contributed by atoms with van der Waals surface area (Å²) in [7, 11) is 0. The number of aromatic nitrogens is 4. The Morgan fingerprint density at radius 2 is 2.00 bits per heavy atom. The number of H-pyrrole nitrogens is 1. The first-order valence-corrected chi connectivity index (χ1v) is 8.97. The van der Waals surface area contributed by atoms with Crippen LogP contribution >= 0.6 is 0 Å². The van der Waals surface area contributed by atoms with Gasteiger partial charge in [0.2, 0.25) is 0 Å². The van der Waals surface area contributed by atoms with Crippen LogP contribution in [0.4, 0.5) is 13.2 Å². The van der Waals surface area contributed by atoms with Gasteiger partial charge >= 0.3 is 5.97 Å². The van der Waals surface area contributed by atoms with Crippen molar-refractivity contribution >= 4 is 28.0 Å². The molecule has 1 atom stereocenters. The molecule has 0 saturated heterocycles. The number of hydrogen-bond donors (Lipinski definition) is 2. The maximum absolute atomic E-state index is 15.1.